The molecule has 2 aromatic carbocycles. The predicted octanol–water partition coefficient (Wildman–Crippen LogP) is 11.2. The van der Waals surface area contributed by atoms with Crippen LogP contribution in [0.5, 0.6) is 0 Å². The van der Waals surface area contributed by atoms with Crippen molar-refractivity contribution < 1.29 is 9.47 Å². The Morgan fingerprint density at radius 3 is 1.57 bits per heavy atom. The van der Waals surface area contributed by atoms with E-state index in [1.54, 1.807) is 13.8 Å². The second kappa shape index (κ2) is 20.0. The highest BCUT2D eigenvalue weighted by Crippen LogP contribution is 2.48. The Bertz CT molecular complexity index is 3730. The summed E-state index contributed by atoms with van der Waals surface area (Å²) in [6, 6.07) is 9.35. The van der Waals surface area contributed by atoms with Crippen LogP contribution in [-0.2, 0) is 36.7 Å². The van der Waals surface area contributed by atoms with Crippen molar-refractivity contribution in [3.05, 3.63) is 66.4 Å². The van der Waals surface area contributed by atoms with E-state index in [2.05, 4.69) is 33.8 Å². The fraction of sp³-hybridized carbons (Fsp3) is 0.571. The molecule has 0 aliphatic carbocycles. The first-order valence-electron chi connectivity index (χ1n) is 28.2. The number of nitrogens with zero attached hydrogens (tertiary/aromatic N) is 14. The number of rotatable bonds is 10. The van der Waals surface area contributed by atoms with Gasteiger partial charge in [0.2, 0.25) is 11.9 Å². The third kappa shape index (κ3) is 8.06. The van der Waals surface area contributed by atoms with Crippen LogP contribution in [0.3, 0.4) is 0 Å². The Morgan fingerprint density at radius 1 is 0.584 bits per heavy atom. The van der Waals surface area contributed by atoms with Crippen LogP contribution in [0.25, 0.3) is 66.4 Å². The van der Waals surface area contributed by atoms with E-state index in [-0.39, 0.29) is 23.6 Å². The lowest BCUT2D eigenvalue weighted by Gasteiger charge is -2.27. The van der Waals surface area contributed by atoms with Crippen LogP contribution in [0.1, 0.15) is 130 Å². The fourth-order valence-electron chi connectivity index (χ4n) is 14.1. The molecule has 406 valence electrons. The van der Waals surface area contributed by atoms with Gasteiger partial charge in [-0.2, -0.15) is 30.4 Å². The highest BCUT2D eigenvalue weighted by molar-refractivity contribution is 6.43. The Balaban J connectivity index is 0.000000147. The SMILES string of the molecule is CC[C@@H]1C[C@@H]2CC[C@H]1N2c1nc2c(c(-c3ccc4nn(CC)c(Cl)c4c3Cl)nn2C2CCCCO2)c(=O)n1C.CC[C@@H]1C[C@@H]2CC[C@H]1N2c1nc2c(c(-c3ccc4nn(CC)cc4c3Cl)nn2C2CCCCO2)c(=O)n1C. The number of fused-ring (bicyclic) bond motifs is 8. The number of benzene rings is 2. The standard InChI is InChI=1S/C28H33Cl2N7O2.C28H34ClN7O2/c1-4-15-14-16-9-12-19(15)36(16)28-31-26-22(27(38)34(28)3)24(33-37(26)20-8-6-7-13-39-20)17-10-11-18-21(23(17)29)25(30)35(5-2)32-18;1-4-16-14-17-9-12-21(16)35(17)28-30-26-23(27(37)33(28)3)25(32-36(26)22-8-6-7-13-38-22)18-10-11-20-19(24(18)29)15-34(5-2)31-20/h10-11,15-16,19-20H,4-9,12-14H2,1-3H3;10-11,15-17,21-22H,4-9,12-14H2,1-3H3/t15-,16+,19-,20?;16-,17+,21-,22?/m11/s1. The van der Waals surface area contributed by atoms with Gasteiger partial charge >= 0.3 is 0 Å². The van der Waals surface area contributed by atoms with Gasteiger partial charge < -0.3 is 19.3 Å². The molecule has 0 radical (unpaired) electrons. The summed E-state index contributed by atoms with van der Waals surface area (Å²) in [6.45, 7) is 11.3. The van der Waals surface area contributed by atoms with E-state index < -0.39 is 0 Å². The lowest BCUT2D eigenvalue weighted by Crippen LogP contribution is -2.36. The van der Waals surface area contributed by atoms with Gasteiger partial charge in [-0.05, 0) is 127 Å². The van der Waals surface area contributed by atoms with Crippen LogP contribution < -0.4 is 20.9 Å². The first-order chi connectivity index (χ1) is 37.4. The van der Waals surface area contributed by atoms with Crippen molar-refractivity contribution in [2.24, 2.45) is 25.9 Å². The molecule has 8 aromatic rings. The van der Waals surface area contributed by atoms with E-state index in [1.165, 1.54) is 6.42 Å². The highest BCUT2D eigenvalue weighted by Gasteiger charge is 2.48. The first kappa shape index (κ1) is 50.9. The van der Waals surface area contributed by atoms with E-state index in [4.69, 9.17) is 64.4 Å². The van der Waals surface area contributed by atoms with Gasteiger partial charge in [-0.3, -0.25) is 28.1 Å². The van der Waals surface area contributed by atoms with Crippen LogP contribution in [0.4, 0.5) is 11.9 Å². The highest BCUT2D eigenvalue weighted by atomic mass is 35.5. The molecule has 21 heteroatoms. The average Bonchev–Trinajstić information content (AvgIpc) is 4.41. The lowest BCUT2D eigenvalue weighted by atomic mass is 9.87. The molecule has 77 heavy (non-hydrogen) atoms. The molecule has 0 N–H and O–H groups in total. The molecule has 0 spiro atoms. The maximum Gasteiger partial charge on any atom is 0.266 e. The molecule has 0 amide bonds. The molecule has 6 saturated heterocycles. The van der Waals surface area contributed by atoms with Gasteiger partial charge in [0, 0.05) is 87.3 Å². The molecule has 6 aliphatic rings. The minimum Gasteiger partial charge on any atom is -0.356 e. The van der Waals surface area contributed by atoms with Crippen molar-refractivity contribution >= 4 is 90.6 Å². The molecule has 12 heterocycles. The topological polar surface area (TPSA) is 166 Å². The second-order valence-electron chi connectivity index (χ2n) is 22.2. The van der Waals surface area contributed by atoms with Crippen LogP contribution in [-0.4, -0.2) is 95.6 Å². The van der Waals surface area contributed by atoms with Crippen molar-refractivity contribution in [2.45, 2.75) is 167 Å². The quantitative estimate of drug-likeness (QED) is 0.127. The largest absolute Gasteiger partial charge is 0.356 e. The van der Waals surface area contributed by atoms with Crippen LogP contribution in [0, 0.1) is 11.8 Å². The monoisotopic (exact) mass is 1100 g/mol. The second-order valence-corrected chi connectivity index (χ2v) is 23.3. The molecule has 6 aliphatic heterocycles. The Morgan fingerprint density at radius 2 is 1.10 bits per heavy atom. The van der Waals surface area contributed by atoms with Crippen LogP contribution in [0.2, 0.25) is 15.2 Å². The normalized spacial score (nSPS) is 25.2. The zero-order valence-electron chi connectivity index (χ0n) is 44.8. The summed E-state index contributed by atoms with van der Waals surface area (Å²) in [5.74, 6) is 2.77. The van der Waals surface area contributed by atoms with Gasteiger partial charge in [0.15, 0.2) is 23.8 Å². The number of aromatic nitrogens is 12. The summed E-state index contributed by atoms with van der Waals surface area (Å²) >= 11 is 20.6. The summed E-state index contributed by atoms with van der Waals surface area (Å²) in [6.07, 6.45) is 16.4. The van der Waals surface area contributed by atoms with Gasteiger partial charge in [0.1, 0.15) is 27.3 Å². The maximum atomic E-state index is 14.2. The molecule has 4 bridgehead atoms. The fourth-order valence-corrected chi connectivity index (χ4v) is 15.1. The number of anilines is 2. The number of halogens is 3. The summed E-state index contributed by atoms with van der Waals surface area (Å²) in [5, 5.41) is 23.1. The van der Waals surface area contributed by atoms with Gasteiger partial charge in [-0.1, -0.05) is 61.5 Å². The first-order valence-corrected chi connectivity index (χ1v) is 29.3. The van der Waals surface area contributed by atoms with E-state index in [9.17, 15) is 9.59 Å². The smallest absolute Gasteiger partial charge is 0.266 e. The molecule has 8 atom stereocenters. The predicted molar refractivity (Wildman–Crippen MR) is 302 cm³/mol. The summed E-state index contributed by atoms with van der Waals surface area (Å²) < 4.78 is 23.0. The summed E-state index contributed by atoms with van der Waals surface area (Å²) in [7, 11) is 3.67. The van der Waals surface area contributed by atoms with E-state index in [1.807, 2.05) is 72.5 Å². The third-order valence-corrected chi connectivity index (χ3v) is 19.3. The third-order valence-electron chi connectivity index (χ3n) is 18.1. The number of hydrogen-bond acceptors (Lipinski definition) is 12. The van der Waals surface area contributed by atoms with E-state index >= 15 is 0 Å². The van der Waals surface area contributed by atoms with Crippen molar-refractivity contribution in [3.8, 4) is 22.5 Å². The molecule has 6 aromatic heterocycles. The molecule has 18 nitrogen and oxygen atoms in total. The number of aryl methyl sites for hydroxylation is 2. The van der Waals surface area contributed by atoms with Gasteiger partial charge in [-0.15, -0.1) is 0 Å². The lowest BCUT2D eigenvalue weighted by molar-refractivity contribution is -0.0369. The van der Waals surface area contributed by atoms with Crippen LogP contribution in [0.15, 0.2) is 40.1 Å². The van der Waals surface area contributed by atoms with Crippen molar-refractivity contribution in [3.63, 3.8) is 0 Å². The van der Waals surface area contributed by atoms with Crippen molar-refractivity contribution in [1.29, 1.82) is 0 Å². The van der Waals surface area contributed by atoms with Gasteiger partial charge in [0.05, 0.1) is 26.5 Å². The van der Waals surface area contributed by atoms with Crippen LogP contribution >= 0.6 is 34.8 Å². The molecule has 0 saturated carbocycles. The Labute approximate surface area is 461 Å². The van der Waals surface area contributed by atoms with E-state index in [0.717, 1.165) is 113 Å². The van der Waals surface area contributed by atoms with E-state index in [0.29, 0.717) is 126 Å². The minimum atomic E-state index is -0.282. The summed E-state index contributed by atoms with van der Waals surface area (Å²) in [4.78, 5) is 43.6. The zero-order valence-corrected chi connectivity index (χ0v) is 47.0. The van der Waals surface area contributed by atoms with Gasteiger partial charge in [0.25, 0.3) is 11.1 Å². The Hall–Kier alpha value is -5.53. The number of hydrogen-bond donors (Lipinski definition) is 0. The molecule has 14 rings (SSSR count). The van der Waals surface area contributed by atoms with Crippen molar-refractivity contribution in [1.82, 2.24) is 58.2 Å². The average molecular weight is 1110 g/mol. The number of ether oxygens (including phenoxy) is 2. The van der Waals surface area contributed by atoms with Crippen molar-refractivity contribution in [2.75, 3.05) is 23.0 Å². The molecular formula is C56H67Cl3N14O4. The van der Waals surface area contributed by atoms with Gasteiger partial charge in [-0.25, -0.2) is 9.36 Å². The summed E-state index contributed by atoms with van der Waals surface area (Å²) in [5.41, 5.74) is 4.86. The zero-order chi connectivity index (χ0) is 53.1. The maximum absolute atomic E-state index is 14.2. The molecular weight excluding hydrogens is 1040 g/mol. The minimum absolute atomic E-state index is 0.0955. The molecule has 2 unspecified atom stereocenters. The Kier molecular flexibility index (Phi) is 13.2. The molecule has 6 fully saturated rings.